The molecule has 0 amide bonds. The van der Waals surface area contributed by atoms with Crippen molar-refractivity contribution in [1.82, 2.24) is 0 Å². The van der Waals surface area contributed by atoms with Crippen molar-refractivity contribution in [2.75, 3.05) is 0 Å². The topological polar surface area (TPSA) is 26.3 Å². The van der Waals surface area contributed by atoms with Gasteiger partial charge >= 0.3 is 0 Å². The van der Waals surface area contributed by atoms with Crippen LogP contribution in [0.3, 0.4) is 0 Å². The van der Waals surface area contributed by atoms with E-state index in [4.69, 9.17) is 4.74 Å². The van der Waals surface area contributed by atoms with Crippen LogP contribution < -0.4 is 0 Å². The summed E-state index contributed by atoms with van der Waals surface area (Å²) in [7, 11) is 0. The first kappa shape index (κ1) is 10.5. The van der Waals surface area contributed by atoms with Gasteiger partial charge in [-0.25, -0.2) is 0 Å². The number of carbonyl (C=O) groups is 1. The lowest BCUT2D eigenvalue weighted by Gasteiger charge is -2.28. The largest absolute Gasteiger partial charge is 0.367 e. The van der Waals surface area contributed by atoms with E-state index in [-0.39, 0.29) is 17.1 Å². The fourth-order valence-electron chi connectivity index (χ4n) is 1.61. The van der Waals surface area contributed by atoms with Crippen molar-refractivity contribution in [1.29, 1.82) is 0 Å². The molecule has 0 saturated carbocycles. The summed E-state index contributed by atoms with van der Waals surface area (Å²) in [5.74, 6) is 0. The molecule has 0 aromatic carbocycles. The molecule has 2 nitrogen and oxygen atoms in total. The molecule has 0 radical (unpaired) electrons. The van der Waals surface area contributed by atoms with E-state index >= 15 is 0 Å². The van der Waals surface area contributed by atoms with Crippen LogP contribution in [0.4, 0.5) is 0 Å². The van der Waals surface area contributed by atoms with Crippen molar-refractivity contribution >= 4 is 6.29 Å². The average Bonchev–Trinajstić information content (AvgIpc) is 2.50. The summed E-state index contributed by atoms with van der Waals surface area (Å²) in [4.78, 5) is 10.8. The average molecular weight is 182 g/mol. The molecule has 0 N–H and O–H groups in total. The van der Waals surface area contributed by atoms with Gasteiger partial charge in [-0.3, -0.25) is 0 Å². The zero-order valence-electron chi connectivity index (χ0n) is 8.67. The second-order valence-corrected chi connectivity index (χ2v) is 4.60. The Morgan fingerprint density at radius 1 is 1.62 bits per heavy atom. The first-order valence-corrected chi connectivity index (χ1v) is 4.71. The summed E-state index contributed by atoms with van der Waals surface area (Å²) >= 11 is 0. The Morgan fingerprint density at radius 3 is 2.62 bits per heavy atom. The number of carbonyl (C=O) groups excluding carboxylic acids is 1. The summed E-state index contributed by atoms with van der Waals surface area (Å²) < 4.78 is 5.80. The van der Waals surface area contributed by atoms with Gasteiger partial charge in [-0.1, -0.05) is 19.9 Å². The molecule has 0 unspecified atom stereocenters. The second-order valence-electron chi connectivity index (χ2n) is 4.60. The predicted octanol–water partition coefficient (Wildman–Crippen LogP) is 2.34. The first-order chi connectivity index (χ1) is 5.93. The van der Waals surface area contributed by atoms with E-state index in [1.54, 1.807) is 0 Å². The molecule has 0 aliphatic carbocycles. The van der Waals surface area contributed by atoms with Crippen LogP contribution in [0.25, 0.3) is 0 Å². The van der Waals surface area contributed by atoms with E-state index in [9.17, 15) is 4.79 Å². The van der Waals surface area contributed by atoms with Crippen LogP contribution in [-0.4, -0.2) is 18.0 Å². The fourth-order valence-corrected chi connectivity index (χ4v) is 1.61. The smallest absolute Gasteiger partial charge is 0.128 e. The van der Waals surface area contributed by atoms with Gasteiger partial charge in [0.05, 0.1) is 11.7 Å². The Bertz CT molecular complexity index is 220. The number of aldehydes is 1. The molecule has 0 spiro atoms. The summed E-state index contributed by atoms with van der Waals surface area (Å²) in [5, 5.41) is 0. The molecular weight excluding hydrogens is 164 g/mol. The molecular formula is C11H18O2. The monoisotopic (exact) mass is 182 g/mol. The Morgan fingerprint density at radius 2 is 2.23 bits per heavy atom. The van der Waals surface area contributed by atoms with Crippen molar-refractivity contribution in [3.63, 3.8) is 0 Å². The molecule has 1 aliphatic heterocycles. The van der Waals surface area contributed by atoms with E-state index in [0.717, 1.165) is 19.1 Å². The van der Waals surface area contributed by atoms with Crippen LogP contribution in [0, 0.1) is 5.41 Å². The van der Waals surface area contributed by atoms with Crippen LogP contribution in [0.1, 0.15) is 33.6 Å². The van der Waals surface area contributed by atoms with Crippen LogP contribution in [0.2, 0.25) is 0 Å². The lowest BCUT2D eigenvalue weighted by atomic mass is 9.86. The van der Waals surface area contributed by atoms with E-state index < -0.39 is 0 Å². The van der Waals surface area contributed by atoms with Gasteiger partial charge in [0.15, 0.2) is 0 Å². The minimum absolute atomic E-state index is 0.0352. The third kappa shape index (κ3) is 1.99. The number of rotatable bonds is 3. The van der Waals surface area contributed by atoms with Crippen LogP contribution in [-0.2, 0) is 9.53 Å². The highest BCUT2D eigenvalue weighted by atomic mass is 16.5. The zero-order chi connectivity index (χ0) is 10.1. The predicted molar refractivity (Wildman–Crippen MR) is 52.6 cm³/mol. The van der Waals surface area contributed by atoms with Crippen molar-refractivity contribution < 1.29 is 9.53 Å². The van der Waals surface area contributed by atoms with Gasteiger partial charge in [0.1, 0.15) is 6.29 Å². The van der Waals surface area contributed by atoms with Gasteiger partial charge in [-0.15, -0.1) is 6.58 Å². The molecule has 1 saturated heterocycles. The van der Waals surface area contributed by atoms with Crippen LogP contribution in [0.15, 0.2) is 12.7 Å². The van der Waals surface area contributed by atoms with Crippen LogP contribution >= 0.6 is 0 Å². The third-order valence-corrected chi connectivity index (χ3v) is 2.88. The van der Waals surface area contributed by atoms with Crippen molar-refractivity contribution in [3.05, 3.63) is 12.7 Å². The maximum absolute atomic E-state index is 10.8. The maximum Gasteiger partial charge on any atom is 0.128 e. The lowest BCUT2D eigenvalue weighted by molar-refractivity contribution is -0.124. The Hall–Kier alpha value is -0.630. The summed E-state index contributed by atoms with van der Waals surface area (Å²) in [6.07, 6.45) is 4.74. The first-order valence-electron chi connectivity index (χ1n) is 4.71. The molecule has 1 fully saturated rings. The molecule has 2 atom stereocenters. The zero-order valence-corrected chi connectivity index (χ0v) is 8.67. The van der Waals surface area contributed by atoms with Crippen LogP contribution in [0.5, 0.6) is 0 Å². The highest BCUT2D eigenvalue weighted by Crippen LogP contribution is 2.38. The molecule has 1 heterocycles. The summed E-state index contributed by atoms with van der Waals surface area (Å²) in [6.45, 7) is 9.59. The van der Waals surface area contributed by atoms with Gasteiger partial charge in [-0.2, -0.15) is 0 Å². The molecule has 0 aromatic heterocycles. The van der Waals surface area contributed by atoms with Gasteiger partial charge < -0.3 is 9.53 Å². The molecule has 1 aliphatic rings. The van der Waals surface area contributed by atoms with Crippen molar-refractivity contribution in [2.45, 2.75) is 45.3 Å². The third-order valence-electron chi connectivity index (χ3n) is 2.88. The highest BCUT2D eigenvalue weighted by Gasteiger charge is 2.41. The highest BCUT2D eigenvalue weighted by molar-refractivity contribution is 5.59. The Balaban J connectivity index is 2.69. The van der Waals surface area contributed by atoms with E-state index in [2.05, 4.69) is 6.58 Å². The maximum atomic E-state index is 10.8. The summed E-state index contributed by atoms with van der Waals surface area (Å²) in [6, 6.07) is 0. The molecule has 1 rings (SSSR count). The van der Waals surface area contributed by atoms with Gasteiger partial charge in [0, 0.05) is 5.41 Å². The molecule has 0 bridgehead atoms. The standard InChI is InChI=1S/C11H18O2/c1-5-11(4)7-6-9(13-11)10(2,3)8-12/h5,8-9H,1,6-7H2,2-4H3/t9-,11-/m0/s1. The molecule has 0 aromatic rings. The van der Waals surface area contributed by atoms with Gasteiger partial charge in [-0.05, 0) is 19.8 Å². The minimum Gasteiger partial charge on any atom is -0.367 e. The SMILES string of the molecule is C=C[C@@]1(C)CC[C@@H](C(C)(C)C=O)O1. The minimum atomic E-state index is -0.374. The molecule has 74 valence electrons. The number of hydrogen-bond acceptors (Lipinski definition) is 2. The lowest BCUT2D eigenvalue weighted by Crippen LogP contribution is -2.33. The Kier molecular flexibility index (Phi) is 2.62. The molecule has 2 heteroatoms. The van der Waals surface area contributed by atoms with Gasteiger partial charge in [0.2, 0.25) is 0 Å². The van der Waals surface area contributed by atoms with E-state index in [0.29, 0.717) is 0 Å². The molecule has 13 heavy (non-hydrogen) atoms. The normalized spacial score (nSPS) is 34.5. The van der Waals surface area contributed by atoms with E-state index in [1.807, 2.05) is 26.8 Å². The second kappa shape index (κ2) is 3.26. The summed E-state index contributed by atoms with van der Waals surface area (Å²) in [5.41, 5.74) is -0.605. The van der Waals surface area contributed by atoms with E-state index in [1.165, 1.54) is 0 Å². The van der Waals surface area contributed by atoms with Crippen molar-refractivity contribution in [2.24, 2.45) is 5.41 Å². The van der Waals surface area contributed by atoms with Crippen molar-refractivity contribution in [3.8, 4) is 0 Å². The Labute approximate surface area is 80.0 Å². The number of ether oxygens (including phenoxy) is 1. The number of hydrogen-bond donors (Lipinski definition) is 0. The fraction of sp³-hybridized carbons (Fsp3) is 0.727. The van der Waals surface area contributed by atoms with Gasteiger partial charge in [0.25, 0.3) is 0 Å². The quantitative estimate of drug-likeness (QED) is 0.494.